The second kappa shape index (κ2) is 5.48. The molecule has 0 spiro atoms. The van der Waals surface area contributed by atoms with Crippen LogP contribution in [-0.4, -0.2) is 39.6 Å². The topological polar surface area (TPSA) is 74.7 Å². The predicted octanol–water partition coefficient (Wildman–Crippen LogP) is 1.51. The molecular weight excluding hydrogens is 248 g/mol. The molecule has 0 radical (unpaired) electrons. The zero-order valence-electron chi connectivity index (χ0n) is 10.6. The summed E-state index contributed by atoms with van der Waals surface area (Å²) in [7, 11) is 0. The van der Waals surface area contributed by atoms with E-state index in [0.29, 0.717) is 16.2 Å². The van der Waals surface area contributed by atoms with Crippen LogP contribution in [0.25, 0.3) is 0 Å². The van der Waals surface area contributed by atoms with Crippen LogP contribution < -0.4 is 10.6 Å². The Balaban J connectivity index is 2.32. The summed E-state index contributed by atoms with van der Waals surface area (Å²) in [4.78, 5) is 6.47. The number of hydrogen-bond acceptors (Lipinski definition) is 5. The number of amidine groups is 1. The van der Waals surface area contributed by atoms with Gasteiger partial charge in [-0.05, 0) is 12.1 Å². The molecule has 2 rings (SSSR count). The molecule has 0 saturated carbocycles. The van der Waals surface area contributed by atoms with Gasteiger partial charge in [0.15, 0.2) is 5.84 Å². The van der Waals surface area contributed by atoms with E-state index in [1.165, 1.54) is 0 Å². The molecule has 1 aromatic heterocycles. The third-order valence-corrected chi connectivity index (χ3v) is 4.12. The minimum Gasteiger partial charge on any atom is -0.409 e. The van der Waals surface area contributed by atoms with Gasteiger partial charge in [0.2, 0.25) is 0 Å². The van der Waals surface area contributed by atoms with Crippen LogP contribution in [0.15, 0.2) is 23.5 Å². The Labute approximate surface area is 111 Å². The van der Waals surface area contributed by atoms with E-state index in [9.17, 15) is 0 Å². The SMILES string of the molecule is CC1CN(c2cccnc2/C(N)=N/O)CC(C)S1. The Bertz CT molecular complexity index is 441. The van der Waals surface area contributed by atoms with Crippen LogP contribution >= 0.6 is 11.8 Å². The van der Waals surface area contributed by atoms with E-state index in [4.69, 9.17) is 10.9 Å². The van der Waals surface area contributed by atoms with Gasteiger partial charge < -0.3 is 15.8 Å². The molecule has 2 heterocycles. The van der Waals surface area contributed by atoms with E-state index in [0.717, 1.165) is 18.8 Å². The number of thioether (sulfide) groups is 1. The van der Waals surface area contributed by atoms with Gasteiger partial charge in [-0.3, -0.25) is 4.98 Å². The van der Waals surface area contributed by atoms with Crippen molar-refractivity contribution >= 4 is 23.3 Å². The van der Waals surface area contributed by atoms with Gasteiger partial charge >= 0.3 is 0 Å². The zero-order chi connectivity index (χ0) is 13.1. The van der Waals surface area contributed by atoms with Crippen LogP contribution in [-0.2, 0) is 0 Å². The summed E-state index contributed by atoms with van der Waals surface area (Å²) < 4.78 is 0. The normalized spacial score (nSPS) is 25.2. The maximum Gasteiger partial charge on any atom is 0.190 e. The van der Waals surface area contributed by atoms with Crippen molar-refractivity contribution in [1.82, 2.24) is 4.98 Å². The number of nitrogens with two attached hydrogens (primary N) is 1. The van der Waals surface area contributed by atoms with Crippen LogP contribution in [0.5, 0.6) is 0 Å². The van der Waals surface area contributed by atoms with E-state index < -0.39 is 0 Å². The number of hydrogen-bond donors (Lipinski definition) is 2. The van der Waals surface area contributed by atoms with Crippen molar-refractivity contribution in [2.45, 2.75) is 24.3 Å². The Kier molecular flexibility index (Phi) is 3.96. The zero-order valence-corrected chi connectivity index (χ0v) is 11.4. The predicted molar refractivity (Wildman–Crippen MR) is 75.5 cm³/mol. The van der Waals surface area contributed by atoms with Crippen molar-refractivity contribution in [1.29, 1.82) is 0 Å². The van der Waals surface area contributed by atoms with E-state index in [-0.39, 0.29) is 5.84 Å². The first-order valence-electron chi connectivity index (χ1n) is 5.95. The fraction of sp³-hybridized carbons (Fsp3) is 0.500. The first kappa shape index (κ1) is 13.0. The molecule has 0 aromatic carbocycles. The molecule has 2 unspecified atom stereocenters. The lowest BCUT2D eigenvalue weighted by Gasteiger charge is -2.36. The first-order valence-corrected chi connectivity index (χ1v) is 6.89. The molecule has 18 heavy (non-hydrogen) atoms. The van der Waals surface area contributed by atoms with Crippen molar-refractivity contribution in [3.05, 3.63) is 24.0 Å². The van der Waals surface area contributed by atoms with Crippen molar-refractivity contribution < 1.29 is 5.21 Å². The Morgan fingerprint density at radius 1 is 1.50 bits per heavy atom. The van der Waals surface area contributed by atoms with Crippen LogP contribution in [0.3, 0.4) is 0 Å². The summed E-state index contributed by atoms with van der Waals surface area (Å²) in [6.45, 7) is 6.33. The molecule has 0 amide bonds. The van der Waals surface area contributed by atoms with Gasteiger partial charge in [-0.1, -0.05) is 19.0 Å². The molecule has 5 nitrogen and oxygen atoms in total. The third-order valence-electron chi connectivity index (χ3n) is 2.90. The van der Waals surface area contributed by atoms with Gasteiger partial charge in [-0.2, -0.15) is 11.8 Å². The molecule has 1 fully saturated rings. The summed E-state index contributed by atoms with van der Waals surface area (Å²) in [5.74, 6) is 0.0594. The summed E-state index contributed by atoms with van der Waals surface area (Å²) >= 11 is 1.99. The fourth-order valence-electron chi connectivity index (χ4n) is 2.27. The number of rotatable bonds is 2. The molecule has 1 aliphatic heterocycles. The van der Waals surface area contributed by atoms with E-state index in [2.05, 4.69) is 28.9 Å². The standard InChI is InChI=1S/C12H18N4OS/c1-8-6-16(7-9(2)18-8)10-4-3-5-14-11(10)12(13)15-17/h3-5,8-9,17H,6-7H2,1-2H3,(H2,13,15). The molecule has 0 aliphatic carbocycles. The highest BCUT2D eigenvalue weighted by Gasteiger charge is 2.25. The highest BCUT2D eigenvalue weighted by molar-refractivity contribution is 8.00. The number of anilines is 1. The number of aromatic nitrogens is 1. The lowest BCUT2D eigenvalue weighted by molar-refractivity contribution is 0.318. The molecule has 98 valence electrons. The summed E-state index contributed by atoms with van der Waals surface area (Å²) in [6, 6.07) is 3.84. The Hall–Kier alpha value is -1.43. The van der Waals surface area contributed by atoms with Gasteiger partial charge in [0.1, 0.15) is 5.69 Å². The molecule has 6 heteroatoms. The van der Waals surface area contributed by atoms with Crippen molar-refractivity contribution in [2.75, 3.05) is 18.0 Å². The van der Waals surface area contributed by atoms with E-state index in [1.54, 1.807) is 6.20 Å². The largest absolute Gasteiger partial charge is 0.409 e. The maximum absolute atomic E-state index is 8.82. The van der Waals surface area contributed by atoms with Crippen LogP contribution in [0.1, 0.15) is 19.5 Å². The average Bonchev–Trinajstić information content (AvgIpc) is 2.36. The Morgan fingerprint density at radius 3 is 2.78 bits per heavy atom. The van der Waals surface area contributed by atoms with Crippen molar-refractivity contribution in [3.8, 4) is 0 Å². The third kappa shape index (κ3) is 2.69. The van der Waals surface area contributed by atoms with Gasteiger partial charge in [0.05, 0.1) is 5.69 Å². The quantitative estimate of drug-likeness (QED) is 0.367. The molecule has 1 aliphatic rings. The molecule has 1 saturated heterocycles. The van der Waals surface area contributed by atoms with E-state index >= 15 is 0 Å². The second-order valence-electron chi connectivity index (χ2n) is 4.52. The molecule has 1 aromatic rings. The highest BCUT2D eigenvalue weighted by atomic mass is 32.2. The summed E-state index contributed by atoms with van der Waals surface area (Å²) in [5, 5.41) is 13.0. The van der Waals surface area contributed by atoms with Crippen LogP contribution in [0.4, 0.5) is 5.69 Å². The van der Waals surface area contributed by atoms with Gasteiger partial charge in [-0.25, -0.2) is 0 Å². The van der Waals surface area contributed by atoms with Crippen LogP contribution in [0, 0.1) is 0 Å². The van der Waals surface area contributed by atoms with Crippen LogP contribution in [0.2, 0.25) is 0 Å². The average molecular weight is 266 g/mol. The van der Waals surface area contributed by atoms with E-state index in [1.807, 2.05) is 23.9 Å². The van der Waals surface area contributed by atoms with Gasteiger partial charge in [0, 0.05) is 29.8 Å². The number of pyridine rings is 1. The molecule has 0 bridgehead atoms. The van der Waals surface area contributed by atoms with Crippen molar-refractivity contribution in [3.63, 3.8) is 0 Å². The number of nitrogens with zero attached hydrogens (tertiary/aromatic N) is 3. The minimum atomic E-state index is 0.0594. The smallest absolute Gasteiger partial charge is 0.190 e. The lowest BCUT2D eigenvalue weighted by Crippen LogP contribution is -2.41. The summed E-state index contributed by atoms with van der Waals surface area (Å²) in [5.41, 5.74) is 7.16. The molecular formula is C12H18N4OS. The fourth-order valence-corrected chi connectivity index (χ4v) is 3.60. The molecule has 3 N–H and O–H groups in total. The Morgan fingerprint density at radius 2 is 2.17 bits per heavy atom. The first-order chi connectivity index (χ1) is 8.61. The monoisotopic (exact) mass is 266 g/mol. The molecule has 2 atom stereocenters. The lowest BCUT2D eigenvalue weighted by atomic mass is 10.2. The van der Waals surface area contributed by atoms with Gasteiger partial charge in [0.25, 0.3) is 0 Å². The second-order valence-corrected chi connectivity index (χ2v) is 6.40. The maximum atomic E-state index is 8.82. The number of oxime groups is 1. The summed E-state index contributed by atoms with van der Waals surface area (Å²) in [6.07, 6.45) is 1.66. The highest BCUT2D eigenvalue weighted by Crippen LogP contribution is 2.29. The van der Waals surface area contributed by atoms with Gasteiger partial charge in [-0.15, -0.1) is 0 Å². The minimum absolute atomic E-state index is 0.0594. The van der Waals surface area contributed by atoms with Crippen molar-refractivity contribution in [2.24, 2.45) is 10.9 Å².